The van der Waals surface area contributed by atoms with E-state index in [0.29, 0.717) is 0 Å². The van der Waals surface area contributed by atoms with Crippen LogP contribution in [0, 0.1) is 12.8 Å². The molecule has 2 aromatic rings. The lowest BCUT2D eigenvalue weighted by Gasteiger charge is -2.13. The number of benzene rings is 1. The number of aryl methyl sites for hydroxylation is 1. The van der Waals surface area contributed by atoms with Crippen LogP contribution in [-0.4, -0.2) is 23.2 Å². The average molecular weight is 273 g/mol. The van der Waals surface area contributed by atoms with E-state index < -0.39 is 5.97 Å². The van der Waals surface area contributed by atoms with Gasteiger partial charge in [0.05, 0.1) is 7.11 Å². The monoisotopic (exact) mass is 273 g/mol. The van der Waals surface area contributed by atoms with Gasteiger partial charge in [-0.05, 0) is 30.5 Å². The quantitative estimate of drug-likeness (QED) is 0.836. The lowest BCUT2D eigenvalue weighted by Crippen LogP contribution is -2.00. The summed E-state index contributed by atoms with van der Waals surface area (Å²) in [6, 6.07) is 5.77. The summed E-state index contributed by atoms with van der Waals surface area (Å²) in [6.07, 6.45) is 1.28. The number of rotatable bonds is 4. The van der Waals surface area contributed by atoms with Crippen LogP contribution < -0.4 is 4.74 Å². The number of aromatic nitrogens is 1. The van der Waals surface area contributed by atoms with Gasteiger partial charge in [-0.1, -0.05) is 19.9 Å². The van der Waals surface area contributed by atoms with E-state index in [4.69, 9.17) is 9.84 Å². The molecule has 4 heteroatoms. The third-order valence-corrected chi connectivity index (χ3v) is 3.38. The van der Waals surface area contributed by atoms with E-state index in [-0.39, 0.29) is 5.92 Å². The Morgan fingerprint density at radius 3 is 2.65 bits per heavy atom. The first-order valence-corrected chi connectivity index (χ1v) is 6.55. The number of methoxy groups -OCH3 is 1. The van der Waals surface area contributed by atoms with Crippen LogP contribution in [-0.2, 0) is 4.79 Å². The Morgan fingerprint density at radius 1 is 1.40 bits per heavy atom. The second-order valence-electron chi connectivity index (χ2n) is 5.10. The van der Waals surface area contributed by atoms with E-state index in [9.17, 15) is 4.79 Å². The lowest BCUT2D eigenvalue weighted by atomic mass is 9.92. The minimum Gasteiger partial charge on any atom is -0.496 e. The fourth-order valence-corrected chi connectivity index (χ4v) is 2.54. The number of carbonyl (C=O) groups is 1. The highest BCUT2D eigenvalue weighted by atomic mass is 16.5. The molecule has 1 aromatic heterocycles. The maximum absolute atomic E-state index is 11.1. The summed E-state index contributed by atoms with van der Waals surface area (Å²) in [5, 5.41) is 10.0. The predicted octanol–water partition coefficient (Wildman–Crippen LogP) is 3.61. The van der Waals surface area contributed by atoms with Crippen LogP contribution in [0.3, 0.4) is 0 Å². The number of ether oxygens (including phenoxy) is 1. The van der Waals surface area contributed by atoms with E-state index in [1.54, 1.807) is 7.11 Å². The zero-order valence-corrected chi connectivity index (χ0v) is 12.2. The second-order valence-corrected chi connectivity index (χ2v) is 5.10. The third-order valence-electron chi connectivity index (χ3n) is 3.38. The number of nitrogens with one attached hydrogen (secondary N) is 1. The van der Waals surface area contributed by atoms with Crippen molar-refractivity contribution in [2.45, 2.75) is 20.8 Å². The molecule has 0 aliphatic carbocycles. The second kappa shape index (κ2) is 5.41. The summed E-state index contributed by atoms with van der Waals surface area (Å²) in [5.74, 6) is -0.0788. The van der Waals surface area contributed by atoms with Gasteiger partial charge >= 0.3 is 5.97 Å². The van der Waals surface area contributed by atoms with Gasteiger partial charge in [-0.2, -0.15) is 0 Å². The van der Waals surface area contributed by atoms with E-state index in [0.717, 1.165) is 33.5 Å². The van der Waals surface area contributed by atoms with Crippen molar-refractivity contribution in [2.75, 3.05) is 7.11 Å². The van der Waals surface area contributed by atoms with Crippen molar-refractivity contribution in [1.82, 2.24) is 4.98 Å². The van der Waals surface area contributed by atoms with Crippen LogP contribution >= 0.6 is 0 Å². The molecular weight excluding hydrogens is 254 g/mol. The molecule has 0 aliphatic heterocycles. The Hall–Kier alpha value is -2.23. The van der Waals surface area contributed by atoms with Gasteiger partial charge in [0.2, 0.25) is 0 Å². The van der Waals surface area contributed by atoms with Gasteiger partial charge in [0.1, 0.15) is 5.75 Å². The zero-order chi connectivity index (χ0) is 14.9. The van der Waals surface area contributed by atoms with Crippen molar-refractivity contribution in [1.29, 1.82) is 0 Å². The Kier molecular flexibility index (Phi) is 3.84. The number of aliphatic carboxylic acids is 1. The van der Waals surface area contributed by atoms with Crippen LogP contribution in [0.5, 0.6) is 5.75 Å². The smallest absolute Gasteiger partial charge is 0.328 e. The van der Waals surface area contributed by atoms with Gasteiger partial charge in [-0.15, -0.1) is 0 Å². The molecule has 0 atom stereocenters. The van der Waals surface area contributed by atoms with Crippen molar-refractivity contribution >= 4 is 22.4 Å². The molecule has 20 heavy (non-hydrogen) atoms. The fraction of sp³-hybridized carbons (Fsp3) is 0.312. The predicted molar refractivity (Wildman–Crippen MR) is 80.0 cm³/mol. The van der Waals surface area contributed by atoms with Gasteiger partial charge in [0.25, 0.3) is 0 Å². The number of H-pyrrole nitrogens is 1. The molecule has 0 aliphatic rings. The van der Waals surface area contributed by atoms with Crippen molar-refractivity contribution in [2.24, 2.45) is 5.92 Å². The normalized spacial score (nSPS) is 12.2. The molecule has 0 saturated heterocycles. The molecule has 1 aromatic carbocycles. The van der Waals surface area contributed by atoms with E-state index >= 15 is 0 Å². The number of aromatic amines is 1. The SMILES string of the molecule is COc1cccc2[nH]c(C)c(/C(=C/C(=O)O)C(C)C)c12. The first kappa shape index (κ1) is 14.2. The molecule has 4 nitrogen and oxygen atoms in total. The summed E-state index contributed by atoms with van der Waals surface area (Å²) >= 11 is 0. The van der Waals surface area contributed by atoms with Gasteiger partial charge in [0.15, 0.2) is 0 Å². The molecule has 0 fully saturated rings. The van der Waals surface area contributed by atoms with Crippen LogP contribution in [0.2, 0.25) is 0 Å². The minimum atomic E-state index is -0.933. The summed E-state index contributed by atoms with van der Waals surface area (Å²) in [6.45, 7) is 5.93. The molecule has 2 rings (SSSR count). The van der Waals surface area contributed by atoms with Crippen LogP contribution in [0.15, 0.2) is 24.3 Å². The van der Waals surface area contributed by atoms with Crippen molar-refractivity contribution in [3.63, 3.8) is 0 Å². The molecule has 1 heterocycles. The molecule has 0 amide bonds. The molecular formula is C16H19NO3. The molecule has 106 valence electrons. The number of carboxylic acids is 1. The standard InChI is InChI=1S/C16H19NO3/c1-9(2)11(8-14(18)19)15-10(3)17-12-6-5-7-13(20-4)16(12)15/h5-9,17H,1-4H3,(H,18,19)/b11-8+. The number of carboxylic acid groups (broad SMARTS) is 1. The number of allylic oxidation sites excluding steroid dienone is 1. The van der Waals surface area contributed by atoms with Crippen LogP contribution in [0.4, 0.5) is 0 Å². The van der Waals surface area contributed by atoms with Crippen molar-refractivity contribution in [3.8, 4) is 5.75 Å². The highest BCUT2D eigenvalue weighted by Crippen LogP contribution is 2.37. The van der Waals surface area contributed by atoms with Gasteiger partial charge in [-0.25, -0.2) is 4.79 Å². The lowest BCUT2D eigenvalue weighted by molar-refractivity contribution is -0.131. The minimum absolute atomic E-state index is 0.105. The van der Waals surface area contributed by atoms with Crippen molar-refractivity contribution in [3.05, 3.63) is 35.5 Å². The first-order valence-electron chi connectivity index (χ1n) is 6.55. The van der Waals surface area contributed by atoms with Crippen LogP contribution in [0.25, 0.3) is 16.5 Å². The first-order chi connectivity index (χ1) is 9.45. The maximum atomic E-state index is 11.1. The summed E-state index contributed by atoms with van der Waals surface area (Å²) in [4.78, 5) is 14.4. The fourth-order valence-electron chi connectivity index (χ4n) is 2.54. The molecule has 0 spiro atoms. The third kappa shape index (κ3) is 2.41. The van der Waals surface area contributed by atoms with Crippen molar-refractivity contribution < 1.29 is 14.6 Å². The average Bonchev–Trinajstić information content (AvgIpc) is 2.71. The maximum Gasteiger partial charge on any atom is 0.328 e. The van der Waals surface area contributed by atoms with Crippen LogP contribution in [0.1, 0.15) is 25.1 Å². The summed E-state index contributed by atoms with van der Waals surface area (Å²) in [5.41, 5.74) is 3.63. The van der Waals surface area contributed by atoms with Gasteiger partial charge in [0, 0.05) is 28.2 Å². The molecule has 0 radical (unpaired) electrons. The van der Waals surface area contributed by atoms with E-state index in [1.165, 1.54) is 6.08 Å². The van der Waals surface area contributed by atoms with E-state index in [2.05, 4.69) is 4.98 Å². The summed E-state index contributed by atoms with van der Waals surface area (Å²) < 4.78 is 5.42. The number of hydrogen-bond acceptors (Lipinski definition) is 2. The Labute approximate surface area is 118 Å². The molecule has 2 N–H and O–H groups in total. The largest absolute Gasteiger partial charge is 0.496 e. The van der Waals surface area contributed by atoms with Gasteiger partial charge in [-0.3, -0.25) is 0 Å². The number of fused-ring (bicyclic) bond motifs is 1. The molecule has 0 bridgehead atoms. The molecule has 0 unspecified atom stereocenters. The molecule has 0 saturated carbocycles. The Morgan fingerprint density at radius 2 is 2.10 bits per heavy atom. The highest BCUT2D eigenvalue weighted by Gasteiger charge is 2.19. The topological polar surface area (TPSA) is 62.3 Å². The number of hydrogen-bond donors (Lipinski definition) is 2. The highest BCUT2D eigenvalue weighted by molar-refractivity contribution is 6.02. The van der Waals surface area contributed by atoms with E-state index in [1.807, 2.05) is 39.0 Å². The zero-order valence-electron chi connectivity index (χ0n) is 12.2. The Balaban J connectivity index is 2.81. The summed E-state index contributed by atoms with van der Waals surface area (Å²) in [7, 11) is 1.62. The Bertz CT molecular complexity index is 680. The van der Waals surface area contributed by atoms with Gasteiger partial charge < -0.3 is 14.8 Å².